The smallest absolute Gasteiger partial charge is 0.0824 e. The van der Waals surface area contributed by atoms with Crippen molar-refractivity contribution >= 4 is 0 Å². The number of nitrogens with one attached hydrogen (secondary N) is 1. The van der Waals surface area contributed by atoms with Crippen LogP contribution in [0.25, 0.3) is 0 Å². The highest BCUT2D eigenvalue weighted by molar-refractivity contribution is 4.91. The third kappa shape index (κ3) is 2.06. The molecule has 4 nitrogen and oxygen atoms in total. The molecule has 4 heteroatoms. The van der Waals surface area contributed by atoms with Gasteiger partial charge in [-0.15, -0.1) is 5.10 Å². The molecule has 0 saturated carbocycles. The number of nitrogens with zero attached hydrogens (tertiary/aromatic N) is 3. The van der Waals surface area contributed by atoms with Crippen LogP contribution in [0.5, 0.6) is 0 Å². The standard InChI is InChI=1S/C9H16N4/c1-2-8-6-13(12-11-8)7-9-4-3-5-10-9/h6,9-10H,2-5,7H2,1H3/t9-/m1/s1. The second-order valence-corrected chi connectivity index (χ2v) is 3.58. The van der Waals surface area contributed by atoms with Gasteiger partial charge in [-0.2, -0.15) is 0 Å². The van der Waals surface area contributed by atoms with Crippen LogP contribution < -0.4 is 5.32 Å². The third-order valence-electron chi connectivity index (χ3n) is 2.52. The van der Waals surface area contributed by atoms with Gasteiger partial charge in [-0.25, -0.2) is 0 Å². The predicted molar refractivity (Wildman–Crippen MR) is 50.4 cm³/mol. The van der Waals surface area contributed by atoms with E-state index in [9.17, 15) is 0 Å². The molecule has 1 saturated heterocycles. The normalized spacial score (nSPS) is 22.4. The lowest BCUT2D eigenvalue weighted by Crippen LogP contribution is -2.26. The minimum absolute atomic E-state index is 0.603. The van der Waals surface area contributed by atoms with Crippen molar-refractivity contribution in [2.45, 2.75) is 38.8 Å². The van der Waals surface area contributed by atoms with Gasteiger partial charge < -0.3 is 5.32 Å². The molecule has 13 heavy (non-hydrogen) atoms. The molecule has 1 aliphatic heterocycles. The SMILES string of the molecule is CCc1cn(C[C@H]2CCCN2)nn1. The van der Waals surface area contributed by atoms with E-state index in [2.05, 4.69) is 22.6 Å². The van der Waals surface area contributed by atoms with Crippen LogP contribution in [0.1, 0.15) is 25.5 Å². The fraction of sp³-hybridized carbons (Fsp3) is 0.778. The van der Waals surface area contributed by atoms with E-state index < -0.39 is 0 Å². The van der Waals surface area contributed by atoms with Crippen molar-refractivity contribution in [2.75, 3.05) is 6.54 Å². The second-order valence-electron chi connectivity index (χ2n) is 3.58. The summed E-state index contributed by atoms with van der Waals surface area (Å²) in [6.45, 7) is 4.22. The first-order valence-corrected chi connectivity index (χ1v) is 5.01. The minimum Gasteiger partial charge on any atom is -0.312 e. The zero-order chi connectivity index (χ0) is 9.10. The maximum absolute atomic E-state index is 4.08. The van der Waals surface area contributed by atoms with Gasteiger partial charge in [0.2, 0.25) is 0 Å². The Kier molecular flexibility index (Phi) is 2.59. The number of aromatic nitrogens is 3. The van der Waals surface area contributed by atoms with E-state index in [0.717, 1.165) is 25.2 Å². The molecule has 1 fully saturated rings. The minimum atomic E-state index is 0.603. The van der Waals surface area contributed by atoms with E-state index >= 15 is 0 Å². The molecule has 2 rings (SSSR count). The Labute approximate surface area is 78.3 Å². The molecule has 1 aromatic heterocycles. The van der Waals surface area contributed by atoms with Gasteiger partial charge in [-0.05, 0) is 25.8 Å². The number of rotatable bonds is 3. The van der Waals surface area contributed by atoms with Gasteiger partial charge in [0.1, 0.15) is 0 Å². The molecule has 1 atom stereocenters. The summed E-state index contributed by atoms with van der Waals surface area (Å²) in [7, 11) is 0. The summed E-state index contributed by atoms with van der Waals surface area (Å²) < 4.78 is 1.95. The van der Waals surface area contributed by atoms with Gasteiger partial charge in [-0.3, -0.25) is 4.68 Å². The largest absolute Gasteiger partial charge is 0.312 e. The molecular formula is C9H16N4. The average Bonchev–Trinajstić information content (AvgIpc) is 2.76. The maximum Gasteiger partial charge on any atom is 0.0824 e. The van der Waals surface area contributed by atoms with Gasteiger partial charge in [0.05, 0.1) is 12.2 Å². The summed E-state index contributed by atoms with van der Waals surface area (Å²) in [5, 5.41) is 11.6. The molecule has 1 aliphatic rings. The molecule has 1 aromatic rings. The highest BCUT2D eigenvalue weighted by Gasteiger charge is 2.14. The van der Waals surface area contributed by atoms with Crippen LogP contribution in [0, 0.1) is 0 Å². The molecule has 0 bridgehead atoms. The third-order valence-corrected chi connectivity index (χ3v) is 2.52. The second kappa shape index (κ2) is 3.87. The van der Waals surface area contributed by atoms with Crippen molar-refractivity contribution in [1.29, 1.82) is 0 Å². The first kappa shape index (κ1) is 8.69. The lowest BCUT2D eigenvalue weighted by atomic mass is 10.2. The first-order valence-electron chi connectivity index (χ1n) is 5.01. The quantitative estimate of drug-likeness (QED) is 0.740. The summed E-state index contributed by atoms with van der Waals surface area (Å²) in [6.07, 6.45) is 5.57. The zero-order valence-corrected chi connectivity index (χ0v) is 8.03. The highest BCUT2D eigenvalue weighted by atomic mass is 15.4. The van der Waals surface area contributed by atoms with Crippen LogP contribution in [0.4, 0.5) is 0 Å². The van der Waals surface area contributed by atoms with Gasteiger partial charge in [0, 0.05) is 12.2 Å². The molecule has 0 aliphatic carbocycles. The highest BCUT2D eigenvalue weighted by Crippen LogP contribution is 2.07. The molecule has 2 heterocycles. The summed E-state index contributed by atoms with van der Waals surface area (Å²) in [5.41, 5.74) is 1.08. The molecule has 0 aromatic carbocycles. The van der Waals surface area contributed by atoms with Gasteiger partial charge in [0.25, 0.3) is 0 Å². The van der Waals surface area contributed by atoms with E-state index in [4.69, 9.17) is 0 Å². The lowest BCUT2D eigenvalue weighted by Gasteiger charge is -2.08. The summed E-state index contributed by atoms with van der Waals surface area (Å²) in [4.78, 5) is 0. The Morgan fingerprint density at radius 3 is 3.23 bits per heavy atom. The van der Waals surface area contributed by atoms with Crippen LogP contribution in [0.15, 0.2) is 6.20 Å². The predicted octanol–water partition coefficient (Wildman–Crippen LogP) is 0.592. The van der Waals surface area contributed by atoms with Crippen molar-refractivity contribution in [3.63, 3.8) is 0 Å². The lowest BCUT2D eigenvalue weighted by molar-refractivity contribution is 0.466. The van der Waals surface area contributed by atoms with Crippen LogP contribution in [0.2, 0.25) is 0 Å². The van der Waals surface area contributed by atoms with Gasteiger partial charge >= 0.3 is 0 Å². The molecular weight excluding hydrogens is 164 g/mol. The summed E-state index contributed by atoms with van der Waals surface area (Å²) in [5.74, 6) is 0. The van der Waals surface area contributed by atoms with Crippen molar-refractivity contribution in [1.82, 2.24) is 20.3 Å². The maximum atomic E-state index is 4.08. The molecule has 1 N–H and O–H groups in total. The van der Waals surface area contributed by atoms with Crippen molar-refractivity contribution in [3.05, 3.63) is 11.9 Å². The number of hydrogen-bond donors (Lipinski definition) is 1. The number of aryl methyl sites for hydroxylation is 1. The van der Waals surface area contributed by atoms with E-state index in [1.807, 2.05) is 10.9 Å². The first-order chi connectivity index (χ1) is 6.38. The summed E-state index contributed by atoms with van der Waals surface area (Å²) in [6, 6.07) is 0.603. The van der Waals surface area contributed by atoms with Crippen LogP contribution in [-0.4, -0.2) is 27.6 Å². The van der Waals surface area contributed by atoms with Crippen LogP contribution in [0.3, 0.4) is 0 Å². The van der Waals surface area contributed by atoms with Crippen molar-refractivity contribution < 1.29 is 0 Å². The molecule has 0 amide bonds. The Hall–Kier alpha value is -0.900. The molecule has 0 spiro atoms. The van der Waals surface area contributed by atoms with E-state index in [1.165, 1.54) is 12.8 Å². The fourth-order valence-electron chi connectivity index (χ4n) is 1.73. The van der Waals surface area contributed by atoms with Crippen molar-refractivity contribution in [2.24, 2.45) is 0 Å². The van der Waals surface area contributed by atoms with Crippen LogP contribution >= 0.6 is 0 Å². The Bertz CT molecular complexity index is 262. The zero-order valence-electron chi connectivity index (χ0n) is 8.03. The molecule has 72 valence electrons. The Balaban J connectivity index is 1.92. The van der Waals surface area contributed by atoms with Gasteiger partial charge in [0.15, 0.2) is 0 Å². The number of hydrogen-bond acceptors (Lipinski definition) is 3. The fourth-order valence-corrected chi connectivity index (χ4v) is 1.73. The average molecular weight is 180 g/mol. The molecule has 0 unspecified atom stereocenters. The monoisotopic (exact) mass is 180 g/mol. The van der Waals surface area contributed by atoms with Crippen molar-refractivity contribution in [3.8, 4) is 0 Å². The van der Waals surface area contributed by atoms with Crippen LogP contribution in [-0.2, 0) is 13.0 Å². The van der Waals surface area contributed by atoms with E-state index in [-0.39, 0.29) is 0 Å². The Morgan fingerprint density at radius 2 is 2.62 bits per heavy atom. The van der Waals surface area contributed by atoms with E-state index in [0.29, 0.717) is 6.04 Å². The summed E-state index contributed by atoms with van der Waals surface area (Å²) >= 11 is 0. The Morgan fingerprint density at radius 1 is 1.69 bits per heavy atom. The molecule has 0 radical (unpaired) electrons. The van der Waals surface area contributed by atoms with Gasteiger partial charge in [-0.1, -0.05) is 12.1 Å². The topological polar surface area (TPSA) is 42.7 Å². The van der Waals surface area contributed by atoms with E-state index in [1.54, 1.807) is 0 Å².